The van der Waals surface area contributed by atoms with E-state index in [0.717, 1.165) is 0 Å². The first kappa shape index (κ1) is 24.6. The molecule has 4 atom stereocenters. The fourth-order valence-corrected chi connectivity index (χ4v) is 2.33. The lowest BCUT2D eigenvalue weighted by Gasteiger charge is -2.25. The zero-order valence-corrected chi connectivity index (χ0v) is 16.0. The van der Waals surface area contributed by atoms with E-state index in [1.54, 1.807) is 0 Å². The molecule has 0 spiro atoms. The normalized spacial score (nSPS) is 15.3. The van der Waals surface area contributed by atoms with Gasteiger partial charge in [-0.25, -0.2) is 4.79 Å². The van der Waals surface area contributed by atoms with Crippen LogP contribution in [0.2, 0.25) is 0 Å². The lowest BCUT2D eigenvalue weighted by molar-refractivity contribution is -0.143. The molecule has 0 rings (SSSR count). The Morgan fingerprint density at radius 2 is 1.70 bits per heavy atom. The van der Waals surface area contributed by atoms with Crippen LogP contribution in [-0.2, 0) is 14.4 Å². The molecule has 0 heterocycles. The van der Waals surface area contributed by atoms with Crippen LogP contribution < -0.4 is 27.4 Å². The van der Waals surface area contributed by atoms with Gasteiger partial charge in [0.15, 0.2) is 5.96 Å². The van der Waals surface area contributed by atoms with Crippen molar-refractivity contribution in [2.45, 2.75) is 64.3 Å². The Morgan fingerprint density at radius 3 is 2.15 bits per heavy atom. The minimum Gasteiger partial charge on any atom is -0.480 e. The lowest BCUT2D eigenvalue weighted by atomic mass is 10.0. The molecule has 0 saturated carbocycles. The van der Waals surface area contributed by atoms with E-state index in [9.17, 15) is 24.6 Å². The maximum absolute atomic E-state index is 12.4. The van der Waals surface area contributed by atoms with E-state index < -0.39 is 42.0 Å². The fraction of sp³-hybridized carbons (Fsp3) is 0.750. The van der Waals surface area contributed by atoms with E-state index in [2.05, 4.69) is 16.0 Å². The lowest BCUT2D eigenvalue weighted by Crippen LogP contribution is -2.58. The Labute approximate surface area is 158 Å². The molecule has 0 aliphatic carbocycles. The highest BCUT2D eigenvalue weighted by atomic mass is 16.4. The fourth-order valence-electron chi connectivity index (χ4n) is 2.33. The van der Waals surface area contributed by atoms with Crippen molar-refractivity contribution < 1.29 is 24.6 Å². The number of aliphatic hydroxyl groups is 1. The number of hydrogen-bond donors (Lipinski definition) is 8. The van der Waals surface area contributed by atoms with Gasteiger partial charge in [-0.1, -0.05) is 13.8 Å². The Hall–Kier alpha value is -2.40. The summed E-state index contributed by atoms with van der Waals surface area (Å²) in [6.07, 6.45) is -0.425. The third-order valence-electron chi connectivity index (χ3n) is 3.72. The zero-order chi connectivity index (χ0) is 21.1. The molecule has 11 heteroatoms. The van der Waals surface area contributed by atoms with Crippen LogP contribution in [0.25, 0.3) is 0 Å². The van der Waals surface area contributed by atoms with Crippen molar-refractivity contribution in [1.29, 1.82) is 5.41 Å². The molecule has 10 N–H and O–H groups in total. The Balaban J connectivity index is 4.84. The van der Waals surface area contributed by atoms with Gasteiger partial charge in [0.05, 0.1) is 12.1 Å². The predicted octanol–water partition coefficient (Wildman–Crippen LogP) is -1.94. The van der Waals surface area contributed by atoms with Crippen LogP contribution in [0.3, 0.4) is 0 Å². The zero-order valence-electron chi connectivity index (χ0n) is 16.0. The number of hydrogen-bond acceptors (Lipinski definition) is 6. The summed E-state index contributed by atoms with van der Waals surface area (Å²) < 4.78 is 0. The summed E-state index contributed by atoms with van der Waals surface area (Å²) in [5, 5.41) is 33.3. The number of amides is 2. The average Bonchev–Trinajstić information content (AvgIpc) is 2.53. The molecule has 0 fully saturated rings. The quantitative estimate of drug-likeness (QED) is 0.107. The van der Waals surface area contributed by atoms with Crippen molar-refractivity contribution in [2.75, 3.05) is 6.54 Å². The summed E-state index contributed by atoms with van der Waals surface area (Å²) in [5.74, 6) is -2.73. The van der Waals surface area contributed by atoms with Gasteiger partial charge in [0.25, 0.3) is 0 Å². The van der Waals surface area contributed by atoms with Gasteiger partial charge < -0.3 is 37.6 Å². The van der Waals surface area contributed by atoms with Gasteiger partial charge in [0, 0.05) is 6.54 Å². The van der Waals surface area contributed by atoms with Gasteiger partial charge in [-0.15, -0.1) is 0 Å². The number of nitrogens with one attached hydrogen (secondary N) is 4. The minimum absolute atomic E-state index is 0.0781. The maximum Gasteiger partial charge on any atom is 0.326 e. The summed E-state index contributed by atoms with van der Waals surface area (Å²) in [6, 6.07) is -3.38. The molecule has 0 saturated heterocycles. The SMILES string of the molecule is CC(C)C[C@H](N)C(=O)N[C@H](C(=O)N[C@@H](CCCNC(=N)N)C(=O)O)[C@@H](C)O. The first-order valence-corrected chi connectivity index (χ1v) is 8.80. The van der Waals surface area contributed by atoms with E-state index >= 15 is 0 Å². The first-order valence-electron chi connectivity index (χ1n) is 8.80. The summed E-state index contributed by atoms with van der Waals surface area (Å²) in [4.78, 5) is 35.8. The van der Waals surface area contributed by atoms with Crippen molar-refractivity contribution in [3.05, 3.63) is 0 Å². The average molecular weight is 388 g/mol. The van der Waals surface area contributed by atoms with Crippen LogP contribution in [0.5, 0.6) is 0 Å². The van der Waals surface area contributed by atoms with Crippen molar-refractivity contribution in [3.8, 4) is 0 Å². The van der Waals surface area contributed by atoms with Gasteiger partial charge in [-0.05, 0) is 32.1 Å². The Morgan fingerprint density at radius 1 is 1.11 bits per heavy atom. The van der Waals surface area contributed by atoms with Crippen LogP contribution in [0.15, 0.2) is 0 Å². The van der Waals surface area contributed by atoms with Crippen molar-refractivity contribution >= 4 is 23.7 Å². The van der Waals surface area contributed by atoms with Gasteiger partial charge in [0.2, 0.25) is 11.8 Å². The standard InChI is InChI=1S/C16H32N6O5/c1-8(2)7-10(17)13(24)22-12(9(3)23)14(25)21-11(15(26)27)5-4-6-20-16(18)19/h8-12,23H,4-7,17H2,1-3H3,(H,21,25)(H,22,24)(H,26,27)(H4,18,19,20)/t9-,10+,11+,12+/m1/s1. The van der Waals surface area contributed by atoms with E-state index in [1.807, 2.05) is 13.8 Å². The highest BCUT2D eigenvalue weighted by Crippen LogP contribution is 2.05. The van der Waals surface area contributed by atoms with Gasteiger partial charge in [-0.3, -0.25) is 15.0 Å². The van der Waals surface area contributed by atoms with E-state index in [-0.39, 0.29) is 24.8 Å². The largest absolute Gasteiger partial charge is 0.480 e. The van der Waals surface area contributed by atoms with Crippen LogP contribution in [0.4, 0.5) is 0 Å². The minimum atomic E-state index is -1.33. The summed E-state index contributed by atoms with van der Waals surface area (Å²) in [5.41, 5.74) is 10.9. The number of rotatable bonds is 12. The number of carbonyl (C=O) groups is 3. The molecule has 0 aromatic rings. The smallest absolute Gasteiger partial charge is 0.326 e. The molecule has 0 radical (unpaired) electrons. The van der Waals surface area contributed by atoms with Crippen LogP contribution >= 0.6 is 0 Å². The molecule has 156 valence electrons. The van der Waals surface area contributed by atoms with Gasteiger partial charge in [-0.2, -0.15) is 0 Å². The Bertz CT molecular complexity index is 525. The molecule has 0 bridgehead atoms. The van der Waals surface area contributed by atoms with E-state index in [1.165, 1.54) is 6.92 Å². The third-order valence-corrected chi connectivity index (χ3v) is 3.72. The molecule has 2 amide bonds. The first-order chi connectivity index (χ1) is 12.5. The number of guanidine groups is 1. The van der Waals surface area contributed by atoms with Gasteiger partial charge in [0.1, 0.15) is 12.1 Å². The van der Waals surface area contributed by atoms with E-state index in [0.29, 0.717) is 12.8 Å². The number of carboxylic acids is 1. The van der Waals surface area contributed by atoms with Crippen molar-refractivity contribution in [2.24, 2.45) is 17.4 Å². The van der Waals surface area contributed by atoms with Crippen LogP contribution in [-0.4, -0.2) is 64.7 Å². The predicted molar refractivity (Wildman–Crippen MR) is 99.8 cm³/mol. The maximum atomic E-state index is 12.4. The monoisotopic (exact) mass is 388 g/mol. The number of aliphatic carboxylic acids is 1. The molecular weight excluding hydrogens is 356 g/mol. The second-order valence-electron chi connectivity index (χ2n) is 6.84. The van der Waals surface area contributed by atoms with Crippen molar-refractivity contribution in [3.63, 3.8) is 0 Å². The molecule has 0 aromatic heterocycles. The molecule has 0 aliphatic rings. The number of aliphatic hydroxyl groups excluding tert-OH is 1. The summed E-state index contributed by atoms with van der Waals surface area (Å²) in [7, 11) is 0. The summed E-state index contributed by atoms with van der Waals surface area (Å²) >= 11 is 0. The Kier molecular flexibility index (Phi) is 11.0. The number of carbonyl (C=O) groups excluding carboxylic acids is 2. The molecular formula is C16H32N6O5. The third kappa shape index (κ3) is 10.4. The second kappa shape index (κ2) is 12.1. The summed E-state index contributed by atoms with van der Waals surface area (Å²) in [6.45, 7) is 5.37. The van der Waals surface area contributed by atoms with E-state index in [4.69, 9.17) is 16.9 Å². The number of nitrogens with two attached hydrogens (primary N) is 2. The number of carboxylic acid groups (broad SMARTS) is 1. The van der Waals surface area contributed by atoms with Crippen LogP contribution in [0.1, 0.15) is 40.0 Å². The second-order valence-corrected chi connectivity index (χ2v) is 6.84. The topological polar surface area (TPSA) is 204 Å². The van der Waals surface area contributed by atoms with Crippen molar-refractivity contribution in [1.82, 2.24) is 16.0 Å². The van der Waals surface area contributed by atoms with Crippen LogP contribution in [0, 0.1) is 11.3 Å². The highest BCUT2D eigenvalue weighted by molar-refractivity contribution is 5.92. The molecule has 27 heavy (non-hydrogen) atoms. The van der Waals surface area contributed by atoms with Gasteiger partial charge >= 0.3 is 5.97 Å². The molecule has 0 aromatic carbocycles. The highest BCUT2D eigenvalue weighted by Gasteiger charge is 2.30. The molecule has 0 aliphatic heterocycles. The molecule has 0 unspecified atom stereocenters. The molecule has 11 nitrogen and oxygen atoms in total.